The molecule has 2 rings (SSSR count). The fraction of sp³-hybridized carbons (Fsp3) is 0.636. The van der Waals surface area contributed by atoms with Crippen LogP contribution in [0.3, 0.4) is 0 Å². The van der Waals surface area contributed by atoms with Gasteiger partial charge in [0, 0.05) is 26.2 Å². The molecule has 1 aliphatic rings. The number of hydrogen-bond donors (Lipinski definition) is 1. The summed E-state index contributed by atoms with van der Waals surface area (Å²) in [5.41, 5.74) is 2.12. The van der Waals surface area contributed by atoms with Gasteiger partial charge in [0.05, 0.1) is 21.8 Å². The Morgan fingerprint density at radius 3 is 2.76 bits per heavy atom. The van der Waals surface area contributed by atoms with E-state index in [9.17, 15) is 4.79 Å². The first kappa shape index (κ1) is 12.6. The fourth-order valence-electron chi connectivity index (χ4n) is 2.09. The Kier molecular flexibility index (Phi) is 3.53. The molecule has 1 N–H and O–H groups in total. The number of carboxylic acid groups (broad SMARTS) is 1. The number of hydrogen-bond acceptors (Lipinski definition) is 3. The summed E-state index contributed by atoms with van der Waals surface area (Å²) < 4.78 is 3.01. The number of nitrogens with zero attached hydrogens (tertiary/aromatic N) is 3. The molecule has 0 saturated carbocycles. The molecular weight excluding hydrogens is 286 g/mol. The van der Waals surface area contributed by atoms with Gasteiger partial charge in [0.25, 0.3) is 0 Å². The second-order valence-electron chi connectivity index (χ2n) is 4.39. The zero-order chi connectivity index (χ0) is 12.6. The Morgan fingerprint density at radius 2 is 2.24 bits per heavy atom. The van der Waals surface area contributed by atoms with Crippen LogP contribution < -0.4 is 0 Å². The number of aryl methyl sites for hydroxylation is 2. The number of carboxylic acids is 1. The number of likely N-dealkylation sites (tertiary alicyclic amines) is 1. The molecule has 1 aliphatic heterocycles. The molecule has 1 aromatic heterocycles. The van der Waals surface area contributed by atoms with E-state index < -0.39 is 5.97 Å². The largest absolute Gasteiger partial charge is 0.481 e. The molecule has 0 spiro atoms. The molecule has 0 aromatic carbocycles. The maximum Gasteiger partial charge on any atom is 0.309 e. The zero-order valence-corrected chi connectivity index (χ0v) is 11.6. The van der Waals surface area contributed by atoms with E-state index in [4.69, 9.17) is 5.11 Å². The summed E-state index contributed by atoms with van der Waals surface area (Å²) in [7, 11) is 0. The van der Waals surface area contributed by atoms with Crippen LogP contribution in [0.1, 0.15) is 18.3 Å². The van der Waals surface area contributed by atoms with Crippen LogP contribution in [0.5, 0.6) is 0 Å². The van der Waals surface area contributed by atoms with Crippen molar-refractivity contribution in [2.24, 2.45) is 5.92 Å². The molecule has 0 radical (unpaired) electrons. The van der Waals surface area contributed by atoms with Crippen LogP contribution in [0.4, 0.5) is 0 Å². The molecule has 94 valence electrons. The van der Waals surface area contributed by atoms with Crippen molar-refractivity contribution in [3.63, 3.8) is 0 Å². The minimum atomic E-state index is -0.694. The maximum atomic E-state index is 10.7. The third-order valence-electron chi connectivity index (χ3n) is 3.13. The van der Waals surface area contributed by atoms with Gasteiger partial charge in [-0.3, -0.25) is 14.4 Å². The van der Waals surface area contributed by atoms with Crippen LogP contribution in [0.15, 0.2) is 4.47 Å². The van der Waals surface area contributed by atoms with Crippen molar-refractivity contribution >= 4 is 21.9 Å². The van der Waals surface area contributed by atoms with E-state index in [1.807, 2.05) is 11.6 Å². The van der Waals surface area contributed by atoms with Gasteiger partial charge in [-0.05, 0) is 29.8 Å². The molecule has 5 nitrogen and oxygen atoms in total. The maximum absolute atomic E-state index is 10.7. The van der Waals surface area contributed by atoms with Crippen LogP contribution in [-0.4, -0.2) is 38.8 Å². The van der Waals surface area contributed by atoms with E-state index in [0.29, 0.717) is 13.1 Å². The second kappa shape index (κ2) is 4.78. The molecule has 1 fully saturated rings. The monoisotopic (exact) mass is 301 g/mol. The van der Waals surface area contributed by atoms with E-state index >= 15 is 0 Å². The minimum absolute atomic E-state index is 0.201. The SMILES string of the molecule is CCn1nc(C)c(Br)c1CN1CC(C(=O)O)C1. The number of aromatic nitrogens is 2. The molecule has 0 bridgehead atoms. The average Bonchev–Trinajstić information content (AvgIpc) is 2.48. The van der Waals surface area contributed by atoms with Crippen molar-refractivity contribution in [2.75, 3.05) is 13.1 Å². The number of halogens is 1. The molecule has 17 heavy (non-hydrogen) atoms. The normalized spacial score (nSPS) is 17.1. The number of carbonyl (C=O) groups is 1. The van der Waals surface area contributed by atoms with Crippen molar-refractivity contribution in [3.05, 3.63) is 15.9 Å². The van der Waals surface area contributed by atoms with E-state index in [0.717, 1.165) is 29.0 Å². The predicted molar refractivity (Wildman–Crippen MR) is 66.7 cm³/mol. The van der Waals surface area contributed by atoms with Crippen LogP contribution in [0, 0.1) is 12.8 Å². The molecule has 0 amide bonds. The summed E-state index contributed by atoms with van der Waals surface area (Å²) in [4.78, 5) is 12.9. The lowest BCUT2D eigenvalue weighted by atomic mass is 10.0. The third-order valence-corrected chi connectivity index (χ3v) is 4.16. The van der Waals surface area contributed by atoms with Crippen molar-refractivity contribution in [2.45, 2.75) is 26.9 Å². The molecule has 0 atom stereocenters. The van der Waals surface area contributed by atoms with E-state index in [-0.39, 0.29) is 5.92 Å². The van der Waals surface area contributed by atoms with Gasteiger partial charge in [0.2, 0.25) is 0 Å². The van der Waals surface area contributed by atoms with Gasteiger partial charge in [-0.15, -0.1) is 0 Å². The van der Waals surface area contributed by atoms with Crippen LogP contribution in [0.2, 0.25) is 0 Å². The summed E-state index contributed by atoms with van der Waals surface area (Å²) >= 11 is 3.54. The Balaban J connectivity index is 2.03. The Labute approximate surface area is 109 Å². The standard InChI is InChI=1S/C11H16BrN3O2/c1-3-15-9(10(12)7(2)13-15)6-14-4-8(5-14)11(16)17/h8H,3-6H2,1-2H3,(H,16,17). The van der Waals surface area contributed by atoms with Crippen LogP contribution >= 0.6 is 15.9 Å². The molecular formula is C11H16BrN3O2. The van der Waals surface area contributed by atoms with Crippen molar-refractivity contribution in [1.29, 1.82) is 0 Å². The molecule has 1 saturated heterocycles. The summed E-state index contributed by atoms with van der Waals surface area (Å²) in [5, 5.41) is 13.2. The minimum Gasteiger partial charge on any atom is -0.481 e. The van der Waals surface area contributed by atoms with E-state index in [1.54, 1.807) is 0 Å². The molecule has 0 unspecified atom stereocenters. The van der Waals surface area contributed by atoms with Gasteiger partial charge in [-0.25, -0.2) is 0 Å². The molecule has 6 heteroatoms. The van der Waals surface area contributed by atoms with E-state index in [2.05, 4.69) is 32.9 Å². The highest BCUT2D eigenvalue weighted by atomic mass is 79.9. The van der Waals surface area contributed by atoms with Gasteiger partial charge in [-0.2, -0.15) is 5.10 Å². The quantitative estimate of drug-likeness (QED) is 0.915. The lowest BCUT2D eigenvalue weighted by Gasteiger charge is -2.36. The lowest BCUT2D eigenvalue weighted by Crippen LogP contribution is -2.49. The van der Waals surface area contributed by atoms with Gasteiger partial charge in [0.1, 0.15) is 0 Å². The highest BCUT2D eigenvalue weighted by molar-refractivity contribution is 9.10. The zero-order valence-electron chi connectivity index (χ0n) is 9.98. The first-order valence-corrected chi connectivity index (χ1v) is 6.49. The Hall–Kier alpha value is -0.880. The summed E-state index contributed by atoms with van der Waals surface area (Å²) in [6.45, 7) is 6.89. The average molecular weight is 302 g/mol. The molecule has 2 heterocycles. The Bertz CT molecular complexity index is 438. The molecule has 0 aliphatic carbocycles. The lowest BCUT2D eigenvalue weighted by molar-refractivity contribution is -0.147. The van der Waals surface area contributed by atoms with Gasteiger partial charge in [0.15, 0.2) is 0 Å². The smallest absolute Gasteiger partial charge is 0.309 e. The van der Waals surface area contributed by atoms with Gasteiger partial charge < -0.3 is 5.11 Å². The van der Waals surface area contributed by atoms with E-state index in [1.165, 1.54) is 0 Å². The summed E-state index contributed by atoms with van der Waals surface area (Å²) in [5.74, 6) is -0.895. The number of rotatable bonds is 4. The second-order valence-corrected chi connectivity index (χ2v) is 5.18. The first-order chi connectivity index (χ1) is 8.02. The fourth-order valence-corrected chi connectivity index (χ4v) is 2.50. The van der Waals surface area contributed by atoms with Crippen LogP contribution in [-0.2, 0) is 17.9 Å². The van der Waals surface area contributed by atoms with Crippen molar-refractivity contribution in [3.8, 4) is 0 Å². The third kappa shape index (κ3) is 2.37. The topological polar surface area (TPSA) is 58.4 Å². The summed E-state index contributed by atoms with van der Waals surface area (Å²) in [6.07, 6.45) is 0. The summed E-state index contributed by atoms with van der Waals surface area (Å²) in [6, 6.07) is 0. The first-order valence-electron chi connectivity index (χ1n) is 5.69. The van der Waals surface area contributed by atoms with Crippen molar-refractivity contribution in [1.82, 2.24) is 14.7 Å². The number of aliphatic carboxylic acids is 1. The van der Waals surface area contributed by atoms with Gasteiger partial charge in [-0.1, -0.05) is 0 Å². The molecule has 1 aromatic rings. The highest BCUT2D eigenvalue weighted by Gasteiger charge is 2.33. The van der Waals surface area contributed by atoms with Crippen molar-refractivity contribution < 1.29 is 9.90 Å². The Morgan fingerprint density at radius 1 is 1.59 bits per heavy atom. The predicted octanol–water partition coefficient (Wildman–Crippen LogP) is 1.49. The van der Waals surface area contributed by atoms with Gasteiger partial charge >= 0.3 is 5.97 Å². The van der Waals surface area contributed by atoms with Crippen LogP contribution in [0.25, 0.3) is 0 Å². The highest BCUT2D eigenvalue weighted by Crippen LogP contribution is 2.25.